The van der Waals surface area contributed by atoms with Crippen LogP contribution in [0, 0.1) is 11.8 Å². The predicted octanol–water partition coefficient (Wildman–Crippen LogP) is 2.92. The van der Waals surface area contributed by atoms with Gasteiger partial charge in [-0.25, -0.2) is 0 Å². The second-order valence-corrected chi connectivity index (χ2v) is 7.46. The molecule has 2 aromatic rings. The van der Waals surface area contributed by atoms with Gasteiger partial charge >= 0.3 is 5.97 Å². The number of hydrogen-bond acceptors (Lipinski definition) is 7. The molecule has 0 N–H and O–H groups in total. The molecule has 3 atom stereocenters. The van der Waals surface area contributed by atoms with Crippen LogP contribution in [0.1, 0.15) is 22.6 Å². The zero-order chi connectivity index (χ0) is 20.1. The molecule has 3 aliphatic rings. The average molecular weight is 398 g/mol. The Morgan fingerprint density at radius 3 is 2.24 bits per heavy atom. The maximum absolute atomic E-state index is 12.7. The largest absolute Gasteiger partial charge is 0.493 e. The minimum atomic E-state index is -0.273. The minimum Gasteiger partial charge on any atom is -0.493 e. The number of methoxy groups -OCH3 is 3. The smallest absolute Gasteiger partial charge is 0.310 e. The number of carbonyl (C=O) groups is 1. The van der Waals surface area contributed by atoms with Gasteiger partial charge in [0.05, 0.1) is 33.9 Å². The SMILES string of the molecule is COc1cc([C@@H]2c3cc4c(cc3C[C@H]3COC(=O)C32)OCO4)cc(OC)c1OC. The molecule has 7 nitrogen and oxygen atoms in total. The Labute approximate surface area is 168 Å². The van der Waals surface area contributed by atoms with Crippen LogP contribution in [0.3, 0.4) is 0 Å². The topological polar surface area (TPSA) is 72.5 Å². The van der Waals surface area contributed by atoms with Crippen molar-refractivity contribution in [3.63, 3.8) is 0 Å². The van der Waals surface area contributed by atoms with Gasteiger partial charge in [0, 0.05) is 11.8 Å². The first-order chi connectivity index (χ1) is 14.1. The Kier molecular flexibility index (Phi) is 4.19. The third kappa shape index (κ3) is 2.68. The quantitative estimate of drug-likeness (QED) is 0.733. The third-order valence-electron chi connectivity index (χ3n) is 6.08. The number of carbonyl (C=O) groups excluding carboxylic acids is 1. The summed E-state index contributed by atoms with van der Waals surface area (Å²) < 4.78 is 33.2. The van der Waals surface area contributed by atoms with Crippen LogP contribution in [0.5, 0.6) is 28.7 Å². The van der Waals surface area contributed by atoms with E-state index in [9.17, 15) is 4.79 Å². The fraction of sp³-hybridized carbons (Fsp3) is 0.409. The lowest BCUT2D eigenvalue weighted by atomic mass is 9.67. The highest BCUT2D eigenvalue weighted by atomic mass is 16.7. The van der Waals surface area contributed by atoms with Crippen molar-refractivity contribution in [2.45, 2.75) is 12.3 Å². The standard InChI is InChI=1S/C22H22O7/c1-24-17-6-12(7-18(25-2)21(17)26-3)19-14-8-16-15(28-10-29-16)5-11(14)4-13-9-27-22(23)20(13)19/h5-8,13,19-20H,4,9-10H2,1-3H3/t13-,19+,20?/m0/s1. The van der Waals surface area contributed by atoms with Crippen LogP contribution in [0.4, 0.5) is 0 Å². The molecular weight excluding hydrogens is 376 g/mol. The van der Waals surface area contributed by atoms with Crippen molar-refractivity contribution in [3.8, 4) is 28.7 Å². The predicted molar refractivity (Wildman–Crippen MR) is 102 cm³/mol. The summed E-state index contributed by atoms with van der Waals surface area (Å²) in [6.45, 7) is 0.639. The van der Waals surface area contributed by atoms with Crippen molar-refractivity contribution in [3.05, 3.63) is 41.0 Å². The molecule has 2 aromatic carbocycles. The monoisotopic (exact) mass is 398 g/mol. The van der Waals surface area contributed by atoms with E-state index in [1.54, 1.807) is 21.3 Å². The Balaban J connectivity index is 1.71. The molecule has 1 unspecified atom stereocenters. The Bertz CT molecular complexity index is 958. The van der Waals surface area contributed by atoms with E-state index in [2.05, 4.69) is 0 Å². The summed E-state index contributed by atoms with van der Waals surface area (Å²) in [6.07, 6.45) is 0.767. The van der Waals surface area contributed by atoms with Gasteiger partial charge in [-0.2, -0.15) is 0 Å². The number of rotatable bonds is 4. The summed E-state index contributed by atoms with van der Waals surface area (Å²) in [5.41, 5.74) is 3.10. The third-order valence-corrected chi connectivity index (χ3v) is 6.08. The van der Waals surface area contributed by atoms with Crippen LogP contribution >= 0.6 is 0 Å². The molecular formula is C22H22O7. The number of hydrogen-bond donors (Lipinski definition) is 0. The van der Waals surface area contributed by atoms with Crippen molar-refractivity contribution in [1.29, 1.82) is 0 Å². The molecule has 0 saturated carbocycles. The molecule has 2 aliphatic heterocycles. The highest BCUT2D eigenvalue weighted by Gasteiger charge is 2.48. The number of cyclic esters (lactones) is 1. The molecule has 1 saturated heterocycles. The lowest BCUT2D eigenvalue weighted by Gasteiger charge is -2.34. The fourth-order valence-corrected chi connectivity index (χ4v) is 4.79. The molecule has 7 heteroatoms. The van der Waals surface area contributed by atoms with Crippen LogP contribution in [0.2, 0.25) is 0 Å². The maximum atomic E-state index is 12.7. The molecule has 0 bridgehead atoms. The summed E-state index contributed by atoms with van der Waals surface area (Å²) in [6, 6.07) is 7.84. The molecule has 1 fully saturated rings. The van der Waals surface area contributed by atoms with Crippen molar-refractivity contribution in [1.82, 2.24) is 0 Å². The molecule has 0 radical (unpaired) electrons. The first-order valence-electron chi connectivity index (χ1n) is 9.53. The van der Waals surface area contributed by atoms with Crippen LogP contribution < -0.4 is 23.7 Å². The normalized spacial score (nSPS) is 23.8. The van der Waals surface area contributed by atoms with E-state index in [4.69, 9.17) is 28.4 Å². The lowest BCUT2D eigenvalue weighted by Crippen LogP contribution is -2.31. The van der Waals surface area contributed by atoms with E-state index < -0.39 is 0 Å². The first kappa shape index (κ1) is 18.0. The molecule has 152 valence electrons. The van der Waals surface area contributed by atoms with E-state index in [1.165, 1.54) is 0 Å². The van der Waals surface area contributed by atoms with E-state index >= 15 is 0 Å². The van der Waals surface area contributed by atoms with E-state index in [0.29, 0.717) is 29.6 Å². The second kappa shape index (κ2) is 6.76. The highest BCUT2D eigenvalue weighted by molar-refractivity contribution is 5.78. The molecule has 5 rings (SSSR count). The van der Waals surface area contributed by atoms with E-state index in [1.807, 2.05) is 24.3 Å². The van der Waals surface area contributed by atoms with Gasteiger partial charge in [0.25, 0.3) is 0 Å². The summed E-state index contributed by atoms with van der Waals surface area (Å²) >= 11 is 0. The number of esters is 1. The zero-order valence-electron chi connectivity index (χ0n) is 16.5. The number of fused-ring (bicyclic) bond motifs is 3. The highest BCUT2D eigenvalue weighted by Crippen LogP contribution is 2.52. The maximum Gasteiger partial charge on any atom is 0.310 e. The fourth-order valence-electron chi connectivity index (χ4n) is 4.79. The van der Waals surface area contributed by atoms with Gasteiger partial charge in [0.1, 0.15) is 0 Å². The van der Waals surface area contributed by atoms with Crippen molar-refractivity contribution < 1.29 is 33.2 Å². The van der Waals surface area contributed by atoms with Crippen LogP contribution in [-0.2, 0) is 16.0 Å². The van der Waals surface area contributed by atoms with Crippen LogP contribution in [-0.4, -0.2) is 40.7 Å². The molecule has 29 heavy (non-hydrogen) atoms. The molecule has 1 aliphatic carbocycles. The first-order valence-corrected chi connectivity index (χ1v) is 9.53. The number of ether oxygens (including phenoxy) is 6. The van der Waals surface area contributed by atoms with Crippen molar-refractivity contribution >= 4 is 5.97 Å². The summed E-state index contributed by atoms with van der Waals surface area (Å²) in [4.78, 5) is 12.7. The Morgan fingerprint density at radius 1 is 0.897 bits per heavy atom. The Morgan fingerprint density at radius 2 is 1.59 bits per heavy atom. The van der Waals surface area contributed by atoms with Crippen molar-refractivity contribution in [2.24, 2.45) is 11.8 Å². The number of benzene rings is 2. The summed E-state index contributed by atoms with van der Waals surface area (Å²) in [5, 5.41) is 0. The van der Waals surface area contributed by atoms with Gasteiger partial charge in [-0.1, -0.05) is 0 Å². The van der Waals surface area contributed by atoms with Gasteiger partial charge in [-0.15, -0.1) is 0 Å². The van der Waals surface area contributed by atoms with Crippen LogP contribution in [0.25, 0.3) is 0 Å². The Hall–Kier alpha value is -3.09. The van der Waals surface area contributed by atoms with Gasteiger partial charge in [-0.3, -0.25) is 4.79 Å². The molecule has 2 heterocycles. The molecule has 0 aromatic heterocycles. The average Bonchev–Trinajstić information content (AvgIpc) is 3.35. The van der Waals surface area contributed by atoms with Crippen LogP contribution in [0.15, 0.2) is 24.3 Å². The van der Waals surface area contributed by atoms with Gasteiger partial charge in [0.15, 0.2) is 23.0 Å². The van der Waals surface area contributed by atoms with E-state index in [0.717, 1.165) is 28.9 Å². The van der Waals surface area contributed by atoms with E-state index in [-0.39, 0.29) is 30.5 Å². The summed E-state index contributed by atoms with van der Waals surface area (Å²) in [5.74, 6) is 2.53. The minimum absolute atomic E-state index is 0.111. The molecule has 0 spiro atoms. The lowest BCUT2D eigenvalue weighted by molar-refractivity contribution is -0.141. The van der Waals surface area contributed by atoms with Crippen molar-refractivity contribution in [2.75, 3.05) is 34.7 Å². The second-order valence-electron chi connectivity index (χ2n) is 7.46. The molecule has 0 amide bonds. The summed E-state index contributed by atoms with van der Waals surface area (Å²) in [7, 11) is 4.74. The zero-order valence-corrected chi connectivity index (χ0v) is 16.5. The van der Waals surface area contributed by atoms with Gasteiger partial charge in [-0.05, 0) is 47.4 Å². The van der Waals surface area contributed by atoms with Gasteiger partial charge in [0.2, 0.25) is 12.5 Å². The van der Waals surface area contributed by atoms with Gasteiger partial charge < -0.3 is 28.4 Å².